The van der Waals surface area contributed by atoms with Gasteiger partial charge < -0.3 is 14.8 Å². The van der Waals surface area contributed by atoms with Crippen molar-refractivity contribution in [2.75, 3.05) is 6.61 Å². The molecule has 1 aromatic rings. The van der Waals surface area contributed by atoms with Gasteiger partial charge in [-0.2, -0.15) is 0 Å². The summed E-state index contributed by atoms with van der Waals surface area (Å²) in [4.78, 5) is 21.1. The molecular formula is C16H18Cl2N2O5. The number of nitro groups is 1. The number of ether oxygens (including phenoxy) is 2. The van der Waals surface area contributed by atoms with Gasteiger partial charge in [-0.25, -0.2) is 0 Å². The van der Waals surface area contributed by atoms with Crippen molar-refractivity contribution >= 4 is 34.8 Å². The minimum atomic E-state index is -1.19. The molecule has 136 valence electrons. The summed E-state index contributed by atoms with van der Waals surface area (Å²) < 4.78 is 12.1. The van der Waals surface area contributed by atoms with Crippen LogP contribution in [0.1, 0.15) is 37.4 Å². The number of amides is 1. The first-order valence-electron chi connectivity index (χ1n) is 8.05. The molecule has 1 spiro atoms. The van der Waals surface area contributed by atoms with Crippen molar-refractivity contribution in [3.05, 3.63) is 39.9 Å². The smallest absolute Gasteiger partial charge is 0.269 e. The number of non-ortho nitro benzene ring substituents is 1. The van der Waals surface area contributed by atoms with Crippen LogP contribution in [0.15, 0.2) is 24.3 Å². The maximum atomic E-state index is 11.9. The first-order valence-corrected chi connectivity index (χ1v) is 8.92. The van der Waals surface area contributed by atoms with E-state index < -0.39 is 33.6 Å². The maximum Gasteiger partial charge on any atom is 0.269 e. The van der Waals surface area contributed by atoms with Crippen LogP contribution in [0, 0.1) is 10.1 Å². The normalized spacial score (nSPS) is 25.2. The van der Waals surface area contributed by atoms with Gasteiger partial charge in [-0.15, -0.1) is 0 Å². The molecule has 1 N–H and O–H groups in total. The molecule has 1 aliphatic carbocycles. The summed E-state index contributed by atoms with van der Waals surface area (Å²) in [6, 6.07) is 5.62. The van der Waals surface area contributed by atoms with Gasteiger partial charge in [0.05, 0.1) is 17.6 Å². The molecule has 0 radical (unpaired) electrons. The molecule has 1 saturated carbocycles. The summed E-state index contributed by atoms with van der Waals surface area (Å²) in [5, 5.41) is 13.6. The summed E-state index contributed by atoms with van der Waals surface area (Å²) in [5.41, 5.74) is 0.722. The van der Waals surface area contributed by atoms with Crippen molar-refractivity contribution in [3.63, 3.8) is 0 Å². The lowest BCUT2D eigenvalue weighted by atomic mass is 9.99. The number of hydrogen-bond donors (Lipinski definition) is 1. The molecule has 2 atom stereocenters. The molecule has 9 heteroatoms. The largest absolute Gasteiger partial charge is 0.348 e. The number of nitro benzene ring substituents is 1. The molecule has 2 aliphatic rings. The lowest BCUT2D eigenvalue weighted by molar-refractivity contribution is -0.384. The lowest BCUT2D eigenvalue weighted by Gasteiger charge is -2.43. The minimum absolute atomic E-state index is 0.00597. The van der Waals surface area contributed by atoms with E-state index >= 15 is 0 Å². The Morgan fingerprint density at radius 2 is 1.92 bits per heavy atom. The van der Waals surface area contributed by atoms with Gasteiger partial charge in [0.15, 0.2) is 10.6 Å². The molecule has 1 amide bonds. The maximum absolute atomic E-state index is 11.9. The van der Waals surface area contributed by atoms with E-state index in [-0.39, 0.29) is 12.3 Å². The first-order chi connectivity index (χ1) is 11.9. The number of benzene rings is 1. The molecule has 25 heavy (non-hydrogen) atoms. The molecular weight excluding hydrogens is 371 g/mol. The van der Waals surface area contributed by atoms with E-state index in [1.165, 1.54) is 12.1 Å². The second kappa shape index (κ2) is 7.45. The van der Waals surface area contributed by atoms with Gasteiger partial charge in [0.1, 0.15) is 6.10 Å². The van der Waals surface area contributed by atoms with Gasteiger partial charge in [0.2, 0.25) is 0 Å². The minimum Gasteiger partial charge on any atom is -0.348 e. The predicted octanol–water partition coefficient (Wildman–Crippen LogP) is 3.24. The topological polar surface area (TPSA) is 90.7 Å². The number of nitrogens with zero attached hydrogens (tertiary/aromatic N) is 1. The Bertz CT molecular complexity index is 646. The fraction of sp³-hybridized carbons (Fsp3) is 0.562. The van der Waals surface area contributed by atoms with E-state index in [1.807, 2.05) is 0 Å². The number of rotatable bonds is 4. The van der Waals surface area contributed by atoms with Crippen molar-refractivity contribution in [3.8, 4) is 0 Å². The van der Waals surface area contributed by atoms with Gasteiger partial charge >= 0.3 is 0 Å². The number of carbonyl (C=O) groups excluding carboxylic acids is 1. The van der Waals surface area contributed by atoms with E-state index in [0.29, 0.717) is 0 Å². The van der Waals surface area contributed by atoms with Crippen LogP contribution in [0.2, 0.25) is 0 Å². The van der Waals surface area contributed by atoms with Crippen LogP contribution in [0.4, 0.5) is 5.69 Å². The standard InChI is InChI=1S/C16H18Cl2N2O5/c17-14(18)15(21)19-12-9-24-16(7-1-2-8-16)25-13(12)10-3-5-11(6-4-10)20(22)23/h3-6,12-14H,1-2,7-9H2,(H,19,21). The third-order valence-electron chi connectivity index (χ3n) is 4.56. The highest BCUT2D eigenvalue weighted by molar-refractivity contribution is 6.53. The van der Waals surface area contributed by atoms with Gasteiger partial charge in [-0.05, 0) is 30.5 Å². The molecule has 0 bridgehead atoms. The van der Waals surface area contributed by atoms with Crippen molar-refractivity contribution in [1.29, 1.82) is 0 Å². The highest BCUT2D eigenvalue weighted by atomic mass is 35.5. The predicted molar refractivity (Wildman–Crippen MR) is 91.5 cm³/mol. The summed E-state index contributed by atoms with van der Waals surface area (Å²) in [7, 11) is 0. The fourth-order valence-electron chi connectivity index (χ4n) is 3.30. The summed E-state index contributed by atoms with van der Waals surface area (Å²) >= 11 is 11.2. The average molecular weight is 389 g/mol. The van der Waals surface area contributed by atoms with E-state index in [4.69, 9.17) is 32.7 Å². The summed E-state index contributed by atoms with van der Waals surface area (Å²) in [5.74, 6) is -1.19. The SMILES string of the molecule is O=C(NC1COC2(CCCC2)OC1c1ccc([N+](=O)[O-])cc1)C(Cl)Cl. The zero-order valence-corrected chi connectivity index (χ0v) is 14.8. The quantitative estimate of drug-likeness (QED) is 0.485. The average Bonchev–Trinajstić information content (AvgIpc) is 3.04. The van der Waals surface area contributed by atoms with Crippen LogP contribution in [-0.4, -0.2) is 34.1 Å². The fourth-order valence-corrected chi connectivity index (χ4v) is 3.43. The second-order valence-electron chi connectivity index (χ2n) is 6.23. The Morgan fingerprint density at radius 3 is 2.48 bits per heavy atom. The van der Waals surface area contributed by atoms with Crippen LogP contribution in [0.5, 0.6) is 0 Å². The number of alkyl halides is 2. The van der Waals surface area contributed by atoms with Crippen molar-refractivity contribution < 1.29 is 19.2 Å². The highest BCUT2D eigenvalue weighted by Gasteiger charge is 2.46. The van der Waals surface area contributed by atoms with Crippen molar-refractivity contribution in [1.82, 2.24) is 5.32 Å². The highest BCUT2D eigenvalue weighted by Crippen LogP contribution is 2.43. The van der Waals surface area contributed by atoms with Crippen LogP contribution in [0.25, 0.3) is 0 Å². The Hall–Kier alpha value is -1.41. The molecule has 1 aromatic carbocycles. The number of carbonyl (C=O) groups is 1. The number of hydrogen-bond acceptors (Lipinski definition) is 5. The molecule has 1 aliphatic heterocycles. The first kappa shape index (κ1) is 18.4. The van der Waals surface area contributed by atoms with E-state index in [2.05, 4.69) is 5.32 Å². The third-order valence-corrected chi connectivity index (χ3v) is 4.95. The van der Waals surface area contributed by atoms with Gasteiger partial charge in [0, 0.05) is 25.0 Å². The van der Waals surface area contributed by atoms with Crippen LogP contribution in [0.3, 0.4) is 0 Å². The molecule has 7 nitrogen and oxygen atoms in total. The molecule has 2 fully saturated rings. The monoisotopic (exact) mass is 388 g/mol. The lowest BCUT2D eigenvalue weighted by Crippen LogP contribution is -2.53. The number of nitrogens with one attached hydrogen (secondary N) is 1. The van der Waals surface area contributed by atoms with Crippen LogP contribution < -0.4 is 5.32 Å². The van der Waals surface area contributed by atoms with Crippen LogP contribution in [-0.2, 0) is 14.3 Å². The molecule has 1 saturated heterocycles. The molecule has 3 rings (SSSR count). The van der Waals surface area contributed by atoms with Gasteiger partial charge in [0.25, 0.3) is 11.6 Å². The van der Waals surface area contributed by atoms with Crippen molar-refractivity contribution in [2.45, 2.75) is 48.5 Å². The van der Waals surface area contributed by atoms with Crippen LogP contribution >= 0.6 is 23.2 Å². The Labute approximate surface area is 154 Å². The third kappa shape index (κ3) is 4.06. The Balaban J connectivity index is 1.84. The molecule has 1 heterocycles. The molecule has 0 aromatic heterocycles. The Morgan fingerprint density at radius 1 is 1.28 bits per heavy atom. The Kier molecular flexibility index (Phi) is 5.48. The molecule has 2 unspecified atom stereocenters. The van der Waals surface area contributed by atoms with Crippen molar-refractivity contribution in [2.24, 2.45) is 0 Å². The van der Waals surface area contributed by atoms with E-state index in [9.17, 15) is 14.9 Å². The van der Waals surface area contributed by atoms with E-state index in [1.54, 1.807) is 12.1 Å². The zero-order chi connectivity index (χ0) is 18.0. The number of halogens is 2. The van der Waals surface area contributed by atoms with Gasteiger partial charge in [-0.3, -0.25) is 14.9 Å². The van der Waals surface area contributed by atoms with E-state index in [0.717, 1.165) is 31.2 Å². The second-order valence-corrected chi connectivity index (χ2v) is 7.33. The summed E-state index contributed by atoms with van der Waals surface area (Å²) in [6.07, 6.45) is 3.09. The van der Waals surface area contributed by atoms with Gasteiger partial charge in [-0.1, -0.05) is 23.2 Å². The zero-order valence-electron chi connectivity index (χ0n) is 13.3. The summed E-state index contributed by atoms with van der Waals surface area (Å²) in [6.45, 7) is 0.258.